The maximum atomic E-state index is 12.8. The van der Waals surface area contributed by atoms with Gasteiger partial charge in [-0.3, -0.25) is 14.5 Å². The first-order valence-corrected chi connectivity index (χ1v) is 9.57. The molecule has 1 aromatic rings. The number of carbonyl (C=O) groups excluding carboxylic acids is 1. The number of carbonyl (C=O) groups is 2. The van der Waals surface area contributed by atoms with E-state index in [0.29, 0.717) is 19.0 Å². The molecule has 0 bridgehead atoms. The van der Waals surface area contributed by atoms with Crippen LogP contribution in [0.4, 0.5) is 0 Å². The van der Waals surface area contributed by atoms with Crippen LogP contribution in [-0.4, -0.2) is 59.5 Å². The van der Waals surface area contributed by atoms with Gasteiger partial charge >= 0.3 is 5.97 Å². The highest BCUT2D eigenvalue weighted by atomic mass is 16.4. The monoisotopic (exact) mass is 360 g/mol. The number of likely N-dealkylation sites (tertiary alicyclic amines) is 1. The lowest BCUT2D eigenvalue weighted by atomic mass is 9.94. The Morgan fingerprint density at radius 1 is 1.15 bits per heavy atom. The van der Waals surface area contributed by atoms with Crippen LogP contribution >= 0.6 is 0 Å². The van der Waals surface area contributed by atoms with Crippen LogP contribution in [0.3, 0.4) is 0 Å². The van der Waals surface area contributed by atoms with Gasteiger partial charge in [0.15, 0.2) is 0 Å². The van der Waals surface area contributed by atoms with Gasteiger partial charge in [0.25, 0.3) is 0 Å². The molecule has 1 heterocycles. The maximum Gasteiger partial charge on any atom is 0.317 e. The molecule has 5 nitrogen and oxygen atoms in total. The molecule has 0 unspecified atom stereocenters. The molecule has 1 aliphatic rings. The average molecular weight is 360 g/mol. The molecule has 1 aromatic carbocycles. The third kappa shape index (κ3) is 5.56. The Kier molecular flexibility index (Phi) is 7.21. The summed E-state index contributed by atoms with van der Waals surface area (Å²) in [5, 5.41) is 8.92. The van der Waals surface area contributed by atoms with Crippen LogP contribution in [0.25, 0.3) is 0 Å². The van der Waals surface area contributed by atoms with Crippen LogP contribution < -0.4 is 0 Å². The summed E-state index contributed by atoms with van der Waals surface area (Å²) in [5.41, 5.74) is 2.37. The zero-order chi connectivity index (χ0) is 19.3. The van der Waals surface area contributed by atoms with Crippen molar-refractivity contribution in [2.75, 3.05) is 26.7 Å². The van der Waals surface area contributed by atoms with Gasteiger partial charge < -0.3 is 10.0 Å². The van der Waals surface area contributed by atoms with E-state index in [1.54, 1.807) is 0 Å². The second-order valence-electron chi connectivity index (χ2n) is 7.93. The Labute approximate surface area is 157 Å². The molecule has 2 rings (SSSR count). The molecule has 1 aliphatic heterocycles. The Balaban J connectivity index is 1.90. The number of rotatable bonds is 7. The minimum absolute atomic E-state index is 0.0533. The van der Waals surface area contributed by atoms with Crippen molar-refractivity contribution >= 4 is 11.9 Å². The molecule has 0 aliphatic carbocycles. The van der Waals surface area contributed by atoms with Crippen LogP contribution in [0.1, 0.15) is 50.7 Å². The van der Waals surface area contributed by atoms with Crippen molar-refractivity contribution in [3.8, 4) is 0 Å². The van der Waals surface area contributed by atoms with Gasteiger partial charge in [0.05, 0.1) is 12.5 Å². The second kappa shape index (κ2) is 9.17. The highest BCUT2D eigenvalue weighted by Gasteiger charge is 2.28. The molecule has 0 saturated carbocycles. The lowest BCUT2D eigenvalue weighted by Crippen LogP contribution is -2.47. The summed E-state index contributed by atoms with van der Waals surface area (Å²) in [6, 6.07) is 8.65. The summed E-state index contributed by atoms with van der Waals surface area (Å²) in [5.74, 6) is -0.154. The Morgan fingerprint density at radius 3 is 2.23 bits per heavy atom. The number of nitrogens with zero attached hydrogens (tertiary/aromatic N) is 2. The molecule has 1 fully saturated rings. The number of likely N-dealkylation sites (N-methyl/N-ethyl adjacent to an activating group) is 1. The van der Waals surface area contributed by atoms with Gasteiger partial charge in [-0.15, -0.1) is 0 Å². The zero-order valence-corrected chi connectivity index (χ0v) is 16.4. The van der Waals surface area contributed by atoms with E-state index >= 15 is 0 Å². The van der Waals surface area contributed by atoms with Gasteiger partial charge in [-0.05, 0) is 50.3 Å². The van der Waals surface area contributed by atoms with Crippen molar-refractivity contribution in [2.45, 2.75) is 52.0 Å². The fourth-order valence-electron chi connectivity index (χ4n) is 3.70. The fraction of sp³-hybridized carbons (Fsp3) is 0.619. The van der Waals surface area contributed by atoms with Gasteiger partial charge in [0, 0.05) is 19.1 Å². The molecule has 1 atom stereocenters. The first-order valence-electron chi connectivity index (χ1n) is 9.57. The lowest BCUT2D eigenvalue weighted by molar-refractivity contribution is -0.140. The predicted molar refractivity (Wildman–Crippen MR) is 103 cm³/mol. The fourth-order valence-corrected chi connectivity index (χ4v) is 3.70. The van der Waals surface area contributed by atoms with Gasteiger partial charge in [-0.1, -0.05) is 38.1 Å². The van der Waals surface area contributed by atoms with Crippen molar-refractivity contribution in [1.29, 1.82) is 0 Å². The minimum atomic E-state index is -0.805. The molecule has 0 radical (unpaired) electrons. The summed E-state index contributed by atoms with van der Waals surface area (Å²) < 4.78 is 0. The van der Waals surface area contributed by atoms with E-state index in [1.165, 1.54) is 5.56 Å². The number of hydrogen-bond acceptors (Lipinski definition) is 3. The normalized spacial score (nSPS) is 16.9. The first kappa shape index (κ1) is 20.4. The highest BCUT2D eigenvalue weighted by Crippen LogP contribution is 2.23. The third-order valence-corrected chi connectivity index (χ3v) is 5.28. The third-order valence-electron chi connectivity index (χ3n) is 5.28. The SMILES string of the molecule is CC(C)Cc1ccc([C@H](C)C(=O)N2CCC(N(C)CC(=O)O)CC2)cc1. The Hall–Kier alpha value is -1.88. The van der Waals surface area contributed by atoms with Crippen LogP contribution in [0, 0.1) is 5.92 Å². The summed E-state index contributed by atoms with van der Waals surface area (Å²) in [7, 11) is 1.84. The van der Waals surface area contributed by atoms with E-state index in [2.05, 4.69) is 38.1 Å². The number of piperidine rings is 1. The van der Waals surface area contributed by atoms with E-state index in [4.69, 9.17) is 5.11 Å². The molecule has 1 saturated heterocycles. The van der Waals surface area contributed by atoms with Gasteiger partial charge in [-0.2, -0.15) is 0 Å². The molecule has 0 aromatic heterocycles. The largest absolute Gasteiger partial charge is 0.480 e. The molecule has 26 heavy (non-hydrogen) atoms. The highest BCUT2D eigenvalue weighted by molar-refractivity contribution is 5.83. The molecule has 1 N–H and O–H groups in total. The van der Waals surface area contributed by atoms with Crippen molar-refractivity contribution < 1.29 is 14.7 Å². The van der Waals surface area contributed by atoms with Gasteiger partial charge in [0.2, 0.25) is 5.91 Å². The topological polar surface area (TPSA) is 60.9 Å². The minimum Gasteiger partial charge on any atom is -0.480 e. The summed E-state index contributed by atoms with van der Waals surface area (Å²) in [6.45, 7) is 7.84. The predicted octanol–water partition coefficient (Wildman–Crippen LogP) is 3.00. The standard InChI is InChI=1S/C21H32N2O3/c1-15(2)13-17-5-7-18(8-6-17)16(3)21(26)23-11-9-19(10-12-23)22(4)14-20(24)25/h5-8,15-16,19H,9-14H2,1-4H3,(H,24,25)/t16-/m0/s1. The quantitative estimate of drug-likeness (QED) is 0.812. The zero-order valence-electron chi connectivity index (χ0n) is 16.4. The molecular weight excluding hydrogens is 328 g/mol. The Bertz CT molecular complexity index is 604. The molecular formula is C21H32N2O3. The van der Waals surface area contributed by atoms with E-state index in [0.717, 1.165) is 24.8 Å². The van der Waals surface area contributed by atoms with Crippen molar-refractivity contribution in [3.05, 3.63) is 35.4 Å². The molecule has 0 spiro atoms. The van der Waals surface area contributed by atoms with E-state index in [9.17, 15) is 9.59 Å². The van der Waals surface area contributed by atoms with Crippen molar-refractivity contribution in [2.24, 2.45) is 5.92 Å². The maximum absolute atomic E-state index is 12.8. The van der Waals surface area contributed by atoms with E-state index < -0.39 is 5.97 Å². The van der Waals surface area contributed by atoms with E-state index in [1.807, 2.05) is 23.8 Å². The summed E-state index contributed by atoms with van der Waals surface area (Å²) in [4.78, 5) is 27.5. The number of benzene rings is 1. The summed E-state index contributed by atoms with van der Waals surface area (Å²) in [6.07, 6.45) is 2.71. The van der Waals surface area contributed by atoms with Crippen LogP contribution in [-0.2, 0) is 16.0 Å². The van der Waals surface area contributed by atoms with Crippen LogP contribution in [0.5, 0.6) is 0 Å². The number of aliphatic carboxylic acids is 1. The molecule has 1 amide bonds. The molecule has 5 heteroatoms. The van der Waals surface area contributed by atoms with Crippen molar-refractivity contribution in [1.82, 2.24) is 9.80 Å². The van der Waals surface area contributed by atoms with Gasteiger partial charge in [-0.25, -0.2) is 0 Å². The lowest BCUT2D eigenvalue weighted by Gasteiger charge is -2.37. The van der Waals surface area contributed by atoms with Gasteiger partial charge in [0.1, 0.15) is 0 Å². The number of amides is 1. The van der Waals surface area contributed by atoms with Crippen LogP contribution in [0.2, 0.25) is 0 Å². The summed E-state index contributed by atoms with van der Waals surface area (Å²) >= 11 is 0. The second-order valence-corrected chi connectivity index (χ2v) is 7.93. The number of carboxylic acids is 1. The Morgan fingerprint density at radius 2 is 1.73 bits per heavy atom. The van der Waals surface area contributed by atoms with E-state index in [-0.39, 0.29) is 24.4 Å². The molecule has 144 valence electrons. The van der Waals surface area contributed by atoms with Crippen molar-refractivity contribution in [3.63, 3.8) is 0 Å². The first-order chi connectivity index (χ1) is 12.3. The van der Waals surface area contributed by atoms with Crippen LogP contribution in [0.15, 0.2) is 24.3 Å². The number of carboxylic acid groups (broad SMARTS) is 1. The average Bonchev–Trinajstić information content (AvgIpc) is 2.60. The number of hydrogen-bond donors (Lipinski definition) is 1. The smallest absolute Gasteiger partial charge is 0.317 e.